The number of hydrogen-bond donors (Lipinski definition) is 1. The standard InChI is InChI=1S/C24H25F2N3O2/c1-2-21-19(11-13-23(30)27-15-16-8-9-16)24(29(28-21)18-6-4-3-5-7-18)31-22-12-10-17(25)14-20(22)26/h3-7,10,12,14,16H,2,8-9,11,13,15H2,1H3,(H,27,30). The largest absolute Gasteiger partial charge is 0.436 e. The first-order valence-corrected chi connectivity index (χ1v) is 10.6. The quantitative estimate of drug-likeness (QED) is 0.527. The lowest BCUT2D eigenvalue weighted by Gasteiger charge is -2.12. The summed E-state index contributed by atoms with van der Waals surface area (Å²) in [5.41, 5.74) is 2.27. The van der Waals surface area contributed by atoms with E-state index in [1.807, 2.05) is 37.3 Å². The molecule has 0 aliphatic heterocycles. The lowest BCUT2D eigenvalue weighted by molar-refractivity contribution is -0.121. The molecule has 1 N–H and O–H groups in total. The molecule has 4 rings (SSSR count). The minimum absolute atomic E-state index is 0.0275. The van der Waals surface area contributed by atoms with Crippen molar-refractivity contribution in [2.24, 2.45) is 5.92 Å². The van der Waals surface area contributed by atoms with Gasteiger partial charge in [0, 0.05) is 24.6 Å². The molecule has 0 bridgehead atoms. The Hall–Kier alpha value is -3.22. The summed E-state index contributed by atoms with van der Waals surface area (Å²) in [5, 5.41) is 7.63. The number of benzene rings is 2. The molecule has 1 heterocycles. The molecule has 5 nitrogen and oxygen atoms in total. The van der Waals surface area contributed by atoms with Gasteiger partial charge in [-0.15, -0.1) is 0 Å². The highest BCUT2D eigenvalue weighted by molar-refractivity contribution is 5.76. The fourth-order valence-corrected chi connectivity index (χ4v) is 3.43. The molecule has 162 valence electrons. The lowest BCUT2D eigenvalue weighted by Crippen LogP contribution is -2.25. The van der Waals surface area contributed by atoms with Crippen molar-refractivity contribution in [1.29, 1.82) is 0 Å². The highest BCUT2D eigenvalue weighted by Gasteiger charge is 2.24. The van der Waals surface area contributed by atoms with Gasteiger partial charge in [-0.25, -0.2) is 13.5 Å². The number of nitrogens with one attached hydrogen (secondary N) is 1. The Bertz CT molecular complexity index is 1060. The number of halogens is 2. The molecule has 1 saturated carbocycles. The zero-order chi connectivity index (χ0) is 21.8. The van der Waals surface area contributed by atoms with Gasteiger partial charge in [-0.3, -0.25) is 4.79 Å². The van der Waals surface area contributed by atoms with Crippen LogP contribution in [0.3, 0.4) is 0 Å². The second-order valence-corrected chi connectivity index (χ2v) is 7.76. The summed E-state index contributed by atoms with van der Waals surface area (Å²) < 4.78 is 35.2. The maximum atomic E-state index is 14.3. The van der Waals surface area contributed by atoms with Crippen molar-refractivity contribution < 1.29 is 18.3 Å². The van der Waals surface area contributed by atoms with Crippen molar-refractivity contribution in [3.63, 3.8) is 0 Å². The normalized spacial score (nSPS) is 13.3. The summed E-state index contributed by atoms with van der Waals surface area (Å²) in [4.78, 5) is 12.3. The molecular formula is C24H25F2N3O2. The van der Waals surface area contributed by atoms with Crippen LogP contribution in [0, 0.1) is 17.6 Å². The first-order valence-electron chi connectivity index (χ1n) is 10.6. The average Bonchev–Trinajstić information content (AvgIpc) is 3.54. The molecule has 2 aromatic carbocycles. The first kappa shape index (κ1) is 21.0. The Morgan fingerprint density at radius 1 is 1.19 bits per heavy atom. The average molecular weight is 425 g/mol. The highest BCUT2D eigenvalue weighted by atomic mass is 19.1. The third-order valence-corrected chi connectivity index (χ3v) is 5.34. The van der Waals surface area contributed by atoms with Crippen LogP contribution in [0.5, 0.6) is 11.6 Å². The molecule has 3 aromatic rings. The van der Waals surface area contributed by atoms with Crippen LogP contribution in [-0.2, 0) is 17.6 Å². The SMILES string of the molecule is CCc1nn(-c2ccccc2)c(Oc2ccc(F)cc2F)c1CCC(=O)NCC1CC1. The summed E-state index contributed by atoms with van der Waals surface area (Å²) in [5.74, 6) is -0.656. The molecule has 1 aliphatic rings. The molecule has 1 aromatic heterocycles. The smallest absolute Gasteiger partial charge is 0.226 e. The van der Waals surface area contributed by atoms with Crippen LogP contribution < -0.4 is 10.1 Å². The summed E-state index contributed by atoms with van der Waals surface area (Å²) in [6.07, 6.45) is 3.66. The fourth-order valence-electron chi connectivity index (χ4n) is 3.43. The Morgan fingerprint density at radius 3 is 2.65 bits per heavy atom. The Kier molecular flexibility index (Phi) is 6.30. The predicted octanol–water partition coefficient (Wildman–Crippen LogP) is 4.96. The molecule has 7 heteroatoms. The number of aromatic nitrogens is 2. The predicted molar refractivity (Wildman–Crippen MR) is 113 cm³/mol. The van der Waals surface area contributed by atoms with E-state index in [0.29, 0.717) is 31.2 Å². The Labute approximate surface area is 180 Å². The van der Waals surface area contributed by atoms with Gasteiger partial charge in [0.1, 0.15) is 5.82 Å². The number of nitrogens with zero attached hydrogens (tertiary/aromatic N) is 2. The zero-order valence-electron chi connectivity index (χ0n) is 17.4. The molecule has 1 amide bonds. The third kappa shape index (κ3) is 5.10. The van der Waals surface area contributed by atoms with Crippen LogP contribution in [-0.4, -0.2) is 22.2 Å². The molecule has 0 spiro atoms. The van der Waals surface area contributed by atoms with E-state index in [9.17, 15) is 13.6 Å². The number of aryl methyl sites for hydroxylation is 1. The van der Waals surface area contributed by atoms with Crippen LogP contribution in [0.25, 0.3) is 5.69 Å². The number of para-hydroxylation sites is 1. The van der Waals surface area contributed by atoms with Gasteiger partial charge in [0.05, 0.1) is 11.4 Å². The van der Waals surface area contributed by atoms with E-state index < -0.39 is 11.6 Å². The van der Waals surface area contributed by atoms with Crippen molar-refractivity contribution in [2.45, 2.75) is 39.0 Å². The molecule has 0 radical (unpaired) electrons. The summed E-state index contributed by atoms with van der Waals surface area (Å²) in [7, 11) is 0. The van der Waals surface area contributed by atoms with Crippen molar-refractivity contribution in [3.8, 4) is 17.3 Å². The topological polar surface area (TPSA) is 56.2 Å². The Morgan fingerprint density at radius 2 is 1.97 bits per heavy atom. The third-order valence-electron chi connectivity index (χ3n) is 5.34. The highest BCUT2D eigenvalue weighted by Crippen LogP contribution is 2.33. The number of ether oxygens (including phenoxy) is 1. The first-order chi connectivity index (χ1) is 15.0. The van der Waals surface area contributed by atoms with Gasteiger partial charge in [0.2, 0.25) is 11.8 Å². The van der Waals surface area contributed by atoms with E-state index in [0.717, 1.165) is 29.1 Å². The number of carbonyl (C=O) groups is 1. The lowest BCUT2D eigenvalue weighted by atomic mass is 10.1. The number of hydrogen-bond acceptors (Lipinski definition) is 3. The van der Waals surface area contributed by atoms with Crippen LogP contribution in [0.2, 0.25) is 0 Å². The van der Waals surface area contributed by atoms with E-state index in [2.05, 4.69) is 10.4 Å². The van der Waals surface area contributed by atoms with Gasteiger partial charge in [-0.05, 0) is 55.9 Å². The molecule has 0 atom stereocenters. The minimum atomic E-state index is -0.799. The van der Waals surface area contributed by atoms with Gasteiger partial charge in [0.15, 0.2) is 11.6 Å². The minimum Gasteiger partial charge on any atom is -0.436 e. The molecular weight excluding hydrogens is 400 g/mol. The number of amides is 1. The maximum Gasteiger partial charge on any atom is 0.226 e. The monoisotopic (exact) mass is 425 g/mol. The van der Waals surface area contributed by atoms with Crippen LogP contribution in [0.4, 0.5) is 8.78 Å². The van der Waals surface area contributed by atoms with Crippen LogP contribution in [0.15, 0.2) is 48.5 Å². The van der Waals surface area contributed by atoms with Crippen molar-refractivity contribution in [1.82, 2.24) is 15.1 Å². The van der Waals surface area contributed by atoms with Crippen molar-refractivity contribution in [3.05, 3.63) is 71.4 Å². The summed E-state index contributed by atoms with van der Waals surface area (Å²) >= 11 is 0. The van der Waals surface area contributed by atoms with E-state index in [1.165, 1.54) is 18.9 Å². The Balaban J connectivity index is 1.65. The van der Waals surface area contributed by atoms with E-state index in [-0.39, 0.29) is 18.1 Å². The van der Waals surface area contributed by atoms with Crippen LogP contribution >= 0.6 is 0 Å². The number of rotatable bonds is 9. The second-order valence-electron chi connectivity index (χ2n) is 7.76. The molecule has 1 fully saturated rings. The molecule has 0 unspecified atom stereocenters. The van der Waals surface area contributed by atoms with E-state index >= 15 is 0 Å². The summed E-state index contributed by atoms with van der Waals surface area (Å²) in [6.45, 7) is 2.68. The van der Waals surface area contributed by atoms with E-state index in [4.69, 9.17) is 4.74 Å². The fraction of sp³-hybridized carbons (Fsp3) is 0.333. The van der Waals surface area contributed by atoms with Gasteiger partial charge in [-0.1, -0.05) is 25.1 Å². The van der Waals surface area contributed by atoms with Crippen LogP contribution in [0.1, 0.15) is 37.4 Å². The summed E-state index contributed by atoms with van der Waals surface area (Å²) in [6, 6.07) is 12.5. The van der Waals surface area contributed by atoms with Gasteiger partial charge in [-0.2, -0.15) is 5.10 Å². The van der Waals surface area contributed by atoms with Gasteiger partial charge in [0.25, 0.3) is 0 Å². The molecule has 1 aliphatic carbocycles. The molecule has 31 heavy (non-hydrogen) atoms. The van der Waals surface area contributed by atoms with Gasteiger partial charge >= 0.3 is 0 Å². The maximum absolute atomic E-state index is 14.3. The van der Waals surface area contributed by atoms with E-state index in [1.54, 1.807) is 4.68 Å². The number of carbonyl (C=O) groups excluding carboxylic acids is 1. The van der Waals surface area contributed by atoms with Crippen molar-refractivity contribution in [2.75, 3.05) is 6.54 Å². The van der Waals surface area contributed by atoms with Gasteiger partial charge < -0.3 is 10.1 Å². The zero-order valence-corrected chi connectivity index (χ0v) is 17.4. The van der Waals surface area contributed by atoms with Crippen molar-refractivity contribution >= 4 is 5.91 Å². The second kappa shape index (κ2) is 9.29. The molecule has 0 saturated heterocycles.